The second-order valence-corrected chi connectivity index (χ2v) is 8.03. The molecule has 3 aromatic rings. The molecule has 3 rings (SSSR count). The van der Waals surface area contributed by atoms with Gasteiger partial charge in [0.1, 0.15) is 5.82 Å². The van der Waals surface area contributed by atoms with E-state index in [1.54, 1.807) is 12.1 Å². The molecule has 1 N–H and O–H groups in total. The highest BCUT2D eigenvalue weighted by atomic mass is 79.9. The van der Waals surface area contributed by atoms with Crippen molar-refractivity contribution in [3.8, 4) is 0 Å². The number of halogens is 2. The fourth-order valence-electron chi connectivity index (χ4n) is 2.56. The average molecular weight is 466 g/mol. The number of aromatic nitrogens is 3. The van der Waals surface area contributed by atoms with Gasteiger partial charge in [-0.1, -0.05) is 69.6 Å². The first-order valence-corrected chi connectivity index (χ1v) is 10.6. The van der Waals surface area contributed by atoms with Gasteiger partial charge in [-0.2, -0.15) is 0 Å². The molecule has 8 heteroatoms. The second-order valence-electron chi connectivity index (χ2n) is 5.77. The summed E-state index contributed by atoms with van der Waals surface area (Å²) in [7, 11) is 0. The third-order valence-electron chi connectivity index (χ3n) is 3.85. The molecule has 1 heterocycles. The minimum Gasteiger partial charge on any atom is -0.324 e. The predicted molar refractivity (Wildman–Crippen MR) is 113 cm³/mol. The number of amides is 1. The van der Waals surface area contributed by atoms with Gasteiger partial charge in [0.05, 0.1) is 16.5 Å². The van der Waals surface area contributed by atoms with Crippen LogP contribution in [0.3, 0.4) is 0 Å². The molecule has 0 unspecified atom stereocenters. The highest BCUT2D eigenvalue weighted by Crippen LogP contribution is 2.26. The smallest absolute Gasteiger partial charge is 0.234 e. The summed E-state index contributed by atoms with van der Waals surface area (Å²) in [5, 5.41) is 12.6. The number of rotatable bonds is 7. The lowest BCUT2D eigenvalue weighted by Gasteiger charge is -2.09. The number of hydrogen-bond acceptors (Lipinski definition) is 4. The van der Waals surface area contributed by atoms with Crippen LogP contribution in [0.1, 0.15) is 18.3 Å². The molecule has 0 spiro atoms. The number of thioether (sulfide) groups is 1. The number of nitrogens with one attached hydrogen (secondary N) is 1. The Morgan fingerprint density at radius 2 is 2.00 bits per heavy atom. The molecule has 0 radical (unpaired) electrons. The Labute approximate surface area is 175 Å². The molecule has 0 aliphatic carbocycles. The first-order valence-electron chi connectivity index (χ1n) is 8.40. The second kappa shape index (κ2) is 9.39. The predicted octanol–water partition coefficient (Wildman–Crippen LogP) is 5.04. The summed E-state index contributed by atoms with van der Waals surface area (Å²) in [6, 6.07) is 15.5. The lowest BCUT2D eigenvalue weighted by atomic mass is 10.1. The van der Waals surface area contributed by atoms with E-state index in [0.717, 1.165) is 22.0 Å². The zero-order valence-corrected chi connectivity index (χ0v) is 17.8. The summed E-state index contributed by atoms with van der Waals surface area (Å²) in [5.41, 5.74) is 1.77. The van der Waals surface area contributed by atoms with E-state index in [2.05, 4.69) is 43.6 Å². The van der Waals surface area contributed by atoms with Gasteiger partial charge in [0.25, 0.3) is 0 Å². The van der Waals surface area contributed by atoms with E-state index in [4.69, 9.17) is 11.6 Å². The standard InChI is InChI=1S/C19H18BrClN4OS/c1-2-25-17(10-13-6-4-3-5-7-13)23-24-19(25)27-12-18(26)22-16-9-8-14(20)11-15(16)21/h3-9,11H,2,10,12H2,1H3,(H,22,26). The van der Waals surface area contributed by atoms with Crippen LogP contribution in [0.25, 0.3) is 0 Å². The van der Waals surface area contributed by atoms with Crippen LogP contribution in [0.4, 0.5) is 5.69 Å². The van der Waals surface area contributed by atoms with Gasteiger partial charge in [-0.05, 0) is 30.7 Å². The molecule has 0 atom stereocenters. The number of anilines is 1. The van der Waals surface area contributed by atoms with E-state index in [9.17, 15) is 4.79 Å². The highest BCUT2D eigenvalue weighted by Gasteiger charge is 2.14. The number of carbonyl (C=O) groups is 1. The van der Waals surface area contributed by atoms with E-state index < -0.39 is 0 Å². The Hall–Kier alpha value is -1.83. The van der Waals surface area contributed by atoms with Gasteiger partial charge < -0.3 is 9.88 Å². The van der Waals surface area contributed by atoms with Gasteiger partial charge >= 0.3 is 0 Å². The molecule has 27 heavy (non-hydrogen) atoms. The Kier molecular flexibility index (Phi) is 6.93. The molecule has 140 valence electrons. The summed E-state index contributed by atoms with van der Waals surface area (Å²) in [6.45, 7) is 2.79. The molecule has 0 saturated heterocycles. The first kappa shape index (κ1) is 19.9. The van der Waals surface area contributed by atoms with Crippen LogP contribution in [-0.4, -0.2) is 26.4 Å². The first-order chi connectivity index (χ1) is 13.1. The maximum atomic E-state index is 12.3. The molecular formula is C19H18BrClN4OS. The third-order valence-corrected chi connectivity index (χ3v) is 5.63. The fraction of sp³-hybridized carbons (Fsp3) is 0.211. The van der Waals surface area contributed by atoms with Crippen LogP contribution in [0.15, 0.2) is 58.2 Å². The van der Waals surface area contributed by atoms with Crippen molar-refractivity contribution in [1.82, 2.24) is 14.8 Å². The van der Waals surface area contributed by atoms with Crippen LogP contribution in [0.5, 0.6) is 0 Å². The summed E-state index contributed by atoms with van der Waals surface area (Å²) < 4.78 is 2.90. The lowest BCUT2D eigenvalue weighted by Crippen LogP contribution is -2.15. The fourth-order valence-corrected chi connectivity index (χ4v) is 4.10. The van der Waals surface area contributed by atoms with Crippen LogP contribution < -0.4 is 5.32 Å². The zero-order valence-electron chi connectivity index (χ0n) is 14.7. The number of hydrogen-bond donors (Lipinski definition) is 1. The van der Waals surface area contributed by atoms with E-state index in [1.807, 2.05) is 35.8 Å². The van der Waals surface area contributed by atoms with Crippen molar-refractivity contribution in [3.05, 3.63) is 69.4 Å². The number of nitrogens with zero attached hydrogens (tertiary/aromatic N) is 3. The van der Waals surface area contributed by atoms with Crippen molar-refractivity contribution < 1.29 is 4.79 Å². The van der Waals surface area contributed by atoms with Crippen molar-refractivity contribution >= 4 is 50.9 Å². The molecule has 5 nitrogen and oxygen atoms in total. The highest BCUT2D eigenvalue weighted by molar-refractivity contribution is 9.10. The van der Waals surface area contributed by atoms with E-state index >= 15 is 0 Å². The molecule has 2 aromatic carbocycles. The van der Waals surface area contributed by atoms with Gasteiger partial charge in [0.2, 0.25) is 5.91 Å². The maximum absolute atomic E-state index is 12.3. The van der Waals surface area contributed by atoms with E-state index in [0.29, 0.717) is 17.1 Å². The number of carbonyl (C=O) groups excluding carboxylic acids is 1. The molecule has 0 bridgehead atoms. The topological polar surface area (TPSA) is 59.8 Å². The minimum atomic E-state index is -0.139. The molecular weight excluding hydrogens is 448 g/mol. The van der Waals surface area contributed by atoms with Crippen LogP contribution in [0, 0.1) is 0 Å². The largest absolute Gasteiger partial charge is 0.324 e. The van der Waals surface area contributed by atoms with Crippen molar-refractivity contribution in [1.29, 1.82) is 0 Å². The Bertz CT molecular complexity index is 933. The molecule has 1 aromatic heterocycles. The average Bonchev–Trinajstić information content (AvgIpc) is 3.04. The maximum Gasteiger partial charge on any atom is 0.234 e. The Balaban J connectivity index is 1.63. The van der Waals surface area contributed by atoms with Gasteiger partial charge in [-0.3, -0.25) is 4.79 Å². The lowest BCUT2D eigenvalue weighted by molar-refractivity contribution is -0.113. The summed E-state index contributed by atoms with van der Waals surface area (Å²) >= 11 is 10.9. The summed E-state index contributed by atoms with van der Waals surface area (Å²) in [5.74, 6) is 0.984. The van der Waals surface area contributed by atoms with Gasteiger partial charge in [-0.25, -0.2) is 0 Å². The summed E-state index contributed by atoms with van der Waals surface area (Å²) in [4.78, 5) is 12.3. The van der Waals surface area contributed by atoms with Gasteiger partial charge in [-0.15, -0.1) is 10.2 Å². The van der Waals surface area contributed by atoms with Crippen molar-refractivity contribution in [2.24, 2.45) is 0 Å². The van der Waals surface area contributed by atoms with Crippen molar-refractivity contribution in [2.75, 3.05) is 11.1 Å². The zero-order chi connectivity index (χ0) is 19.2. The van der Waals surface area contributed by atoms with E-state index in [-0.39, 0.29) is 11.7 Å². The normalized spacial score (nSPS) is 10.8. The molecule has 1 amide bonds. The SMILES string of the molecule is CCn1c(Cc2ccccc2)nnc1SCC(=O)Nc1ccc(Br)cc1Cl. The minimum absolute atomic E-state index is 0.139. The van der Waals surface area contributed by atoms with Crippen LogP contribution in [-0.2, 0) is 17.8 Å². The molecule has 0 aliphatic rings. The van der Waals surface area contributed by atoms with Gasteiger partial charge in [0.15, 0.2) is 5.16 Å². The van der Waals surface area contributed by atoms with Crippen molar-refractivity contribution in [2.45, 2.75) is 25.0 Å². The monoisotopic (exact) mass is 464 g/mol. The molecule has 0 saturated carbocycles. The quantitative estimate of drug-likeness (QED) is 0.497. The summed E-state index contributed by atoms with van der Waals surface area (Å²) in [6.07, 6.45) is 0.711. The Morgan fingerprint density at radius 3 is 2.70 bits per heavy atom. The number of benzene rings is 2. The van der Waals surface area contributed by atoms with Crippen LogP contribution >= 0.6 is 39.3 Å². The molecule has 0 aliphatic heterocycles. The van der Waals surface area contributed by atoms with Crippen molar-refractivity contribution in [3.63, 3.8) is 0 Å². The third kappa shape index (κ3) is 5.34. The van der Waals surface area contributed by atoms with Crippen LogP contribution in [0.2, 0.25) is 5.02 Å². The molecule has 0 fully saturated rings. The van der Waals surface area contributed by atoms with E-state index in [1.165, 1.54) is 17.3 Å². The van der Waals surface area contributed by atoms with Gasteiger partial charge in [0, 0.05) is 17.4 Å². The Morgan fingerprint density at radius 1 is 1.22 bits per heavy atom.